The molecular formula is C20H18Cl2F2N5O2+. The van der Waals surface area contributed by atoms with E-state index in [1.54, 1.807) is 18.3 Å². The van der Waals surface area contributed by atoms with Crippen LogP contribution in [-0.4, -0.2) is 27.6 Å². The van der Waals surface area contributed by atoms with Gasteiger partial charge < -0.3 is 10.5 Å². The summed E-state index contributed by atoms with van der Waals surface area (Å²) in [6, 6.07) is 10.2. The van der Waals surface area contributed by atoms with Crippen LogP contribution in [0.5, 0.6) is 0 Å². The lowest BCUT2D eigenvalue weighted by Crippen LogP contribution is -2.42. The first kappa shape index (κ1) is 22.6. The predicted molar refractivity (Wildman–Crippen MR) is 110 cm³/mol. The Morgan fingerprint density at radius 1 is 1.06 bits per heavy atom. The molecule has 0 aliphatic carbocycles. The van der Waals surface area contributed by atoms with Crippen molar-refractivity contribution in [2.24, 2.45) is 0 Å². The van der Waals surface area contributed by atoms with Crippen LogP contribution < -0.4 is 15.4 Å². The second-order valence-corrected chi connectivity index (χ2v) is 7.30. The van der Waals surface area contributed by atoms with E-state index in [0.717, 1.165) is 0 Å². The zero-order chi connectivity index (χ0) is 22.4. The van der Waals surface area contributed by atoms with Crippen LogP contribution in [-0.2, 0) is 23.7 Å². The minimum absolute atomic E-state index is 0.0254. The van der Waals surface area contributed by atoms with Crippen molar-refractivity contribution in [2.75, 3.05) is 11.9 Å². The number of carbonyl (C=O) groups is 1. The molecule has 0 saturated carbocycles. The zero-order valence-corrected chi connectivity index (χ0v) is 17.5. The maximum absolute atomic E-state index is 14.3. The van der Waals surface area contributed by atoms with Gasteiger partial charge in [0, 0.05) is 18.5 Å². The largest absolute Gasteiger partial charge is 0.350 e. The minimum atomic E-state index is -3.28. The Morgan fingerprint density at radius 2 is 1.84 bits per heavy atom. The lowest BCUT2D eigenvalue weighted by atomic mass is 10.2. The van der Waals surface area contributed by atoms with Crippen molar-refractivity contribution in [2.45, 2.75) is 18.9 Å². The number of nitrogens with one attached hydrogen (secondary N) is 2. The molecule has 3 heterocycles. The third-order valence-electron chi connectivity index (χ3n) is 4.29. The highest BCUT2D eigenvalue weighted by molar-refractivity contribution is 6.31. The van der Waals surface area contributed by atoms with Crippen molar-refractivity contribution in [3.63, 3.8) is 0 Å². The third-order valence-corrected chi connectivity index (χ3v) is 4.98. The smallest absolute Gasteiger partial charge is 0.325 e. The molecule has 7 nitrogen and oxygen atoms in total. The molecule has 0 unspecified atom stereocenters. The van der Waals surface area contributed by atoms with Crippen molar-refractivity contribution >= 4 is 34.9 Å². The number of rotatable bonds is 8. The van der Waals surface area contributed by atoms with E-state index in [-0.39, 0.29) is 29.5 Å². The number of nitrogens with zero attached hydrogens (tertiary/aromatic N) is 3. The number of hydrogen-bond acceptors (Lipinski definition) is 5. The summed E-state index contributed by atoms with van der Waals surface area (Å²) in [5.41, 5.74) is 0.0961. The molecule has 3 aromatic rings. The topological polar surface area (TPSA) is 91.0 Å². The molecule has 0 atom stereocenters. The van der Waals surface area contributed by atoms with Crippen LogP contribution in [0.25, 0.3) is 0 Å². The van der Waals surface area contributed by atoms with E-state index in [4.69, 9.17) is 23.2 Å². The van der Waals surface area contributed by atoms with Gasteiger partial charge in [0.25, 0.3) is 0 Å². The Bertz CT molecular complexity index is 1070. The van der Waals surface area contributed by atoms with Crippen LogP contribution in [0.4, 0.5) is 14.6 Å². The van der Waals surface area contributed by atoms with Crippen molar-refractivity contribution in [1.82, 2.24) is 15.3 Å². The standard InChI is InChI=1S/C20H17Cl2F2N5O2/c21-13-4-3-9-25-15(13)11-27-19(30)10-16-14(22)6-7-18(29(16)31)28-12-20(23,24)17-5-1-2-8-26-17/h1-9,31H,10-12H2,(H,27,30)/p+1. The molecular weight excluding hydrogens is 451 g/mol. The van der Waals surface area contributed by atoms with Crippen LogP contribution in [0, 0.1) is 0 Å². The summed E-state index contributed by atoms with van der Waals surface area (Å²) in [5.74, 6) is -3.81. The van der Waals surface area contributed by atoms with Gasteiger partial charge in [0.05, 0.1) is 28.7 Å². The number of carbonyl (C=O) groups excluding carboxylic acids is 1. The Morgan fingerprint density at radius 3 is 2.55 bits per heavy atom. The molecule has 0 saturated heterocycles. The summed E-state index contributed by atoms with van der Waals surface area (Å²) in [5, 5.41) is 16.0. The quantitative estimate of drug-likeness (QED) is 0.348. The summed E-state index contributed by atoms with van der Waals surface area (Å²) in [6.45, 7) is -0.744. The van der Waals surface area contributed by atoms with Gasteiger partial charge in [-0.05, 0) is 35.1 Å². The summed E-state index contributed by atoms with van der Waals surface area (Å²) in [7, 11) is 0. The molecule has 3 aromatic heterocycles. The maximum atomic E-state index is 14.3. The van der Waals surface area contributed by atoms with E-state index >= 15 is 0 Å². The average molecular weight is 469 g/mol. The molecule has 0 bridgehead atoms. The summed E-state index contributed by atoms with van der Waals surface area (Å²) in [6.07, 6.45) is 2.51. The highest BCUT2D eigenvalue weighted by Gasteiger charge is 2.36. The number of amides is 1. The van der Waals surface area contributed by atoms with Gasteiger partial charge in [-0.1, -0.05) is 29.3 Å². The lowest BCUT2D eigenvalue weighted by Gasteiger charge is -2.14. The molecule has 0 aliphatic heterocycles. The Balaban J connectivity index is 1.67. The fourth-order valence-electron chi connectivity index (χ4n) is 2.68. The number of anilines is 1. The van der Waals surface area contributed by atoms with Crippen molar-refractivity contribution < 1.29 is 23.5 Å². The number of hydrogen-bond donors (Lipinski definition) is 3. The molecule has 0 spiro atoms. The normalized spacial score (nSPS) is 11.2. The molecule has 0 fully saturated rings. The van der Waals surface area contributed by atoms with Crippen molar-refractivity contribution in [3.05, 3.63) is 82.0 Å². The number of alkyl halides is 2. The van der Waals surface area contributed by atoms with Gasteiger partial charge in [0.1, 0.15) is 5.69 Å². The number of pyridine rings is 3. The van der Waals surface area contributed by atoms with Crippen molar-refractivity contribution in [3.8, 4) is 0 Å². The van der Waals surface area contributed by atoms with E-state index in [2.05, 4.69) is 20.6 Å². The molecule has 162 valence electrons. The molecule has 0 aromatic carbocycles. The Labute approximate surface area is 186 Å². The van der Waals surface area contributed by atoms with Crippen LogP contribution in [0.3, 0.4) is 0 Å². The first-order chi connectivity index (χ1) is 14.8. The third kappa shape index (κ3) is 5.77. The molecule has 3 N–H and O–H groups in total. The second-order valence-electron chi connectivity index (χ2n) is 6.48. The molecule has 0 radical (unpaired) electrons. The monoisotopic (exact) mass is 468 g/mol. The molecule has 3 rings (SSSR count). The molecule has 0 aliphatic rings. The first-order valence-corrected chi connectivity index (χ1v) is 9.85. The van der Waals surface area contributed by atoms with Gasteiger partial charge in [-0.3, -0.25) is 20.1 Å². The highest BCUT2D eigenvalue weighted by atomic mass is 35.5. The van der Waals surface area contributed by atoms with Gasteiger partial charge in [0.15, 0.2) is 12.2 Å². The summed E-state index contributed by atoms with van der Waals surface area (Å²) in [4.78, 5) is 20.0. The van der Waals surface area contributed by atoms with Crippen LogP contribution in [0.2, 0.25) is 10.0 Å². The second kappa shape index (κ2) is 9.84. The Kier molecular flexibility index (Phi) is 7.19. The maximum Gasteiger partial charge on any atom is 0.325 e. The highest BCUT2D eigenvalue weighted by Crippen LogP contribution is 2.26. The van der Waals surface area contributed by atoms with Gasteiger partial charge >= 0.3 is 11.7 Å². The van der Waals surface area contributed by atoms with Crippen molar-refractivity contribution in [1.29, 1.82) is 0 Å². The zero-order valence-electron chi connectivity index (χ0n) is 16.0. The fourth-order valence-corrected chi connectivity index (χ4v) is 3.07. The summed E-state index contributed by atoms with van der Waals surface area (Å²) < 4.78 is 29.2. The van der Waals surface area contributed by atoms with Crippen LogP contribution in [0.1, 0.15) is 17.1 Å². The number of halogens is 4. The van der Waals surface area contributed by atoms with E-state index in [9.17, 15) is 18.8 Å². The lowest BCUT2D eigenvalue weighted by molar-refractivity contribution is -0.898. The predicted octanol–water partition coefficient (Wildman–Crippen LogP) is 3.37. The number of aromatic nitrogens is 3. The SMILES string of the molecule is O=C(Cc1c(Cl)ccc(NCC(F)(F)c2ccccn2)[n+]1O)NCc1ncccc1Cl. The first-order valence-electron chi connectivity index (χ1n) is 9.10. The molecule has 1 amide bonds. The molecule has 11 heteroatoms. The van der Waals surface area contributed by atoms with E-state index in [1.165, 1.54) is 36.5 Å². The fraction of sp³-hybridized carbons (Fsp3) is 0.200. The molecule has 31 heavy (non-hydrogen) atoms. The average Bonchev–Trinajstić information content (AvgIpc) is 2.76. The van der Waals surface area contributed by atoms with E-state index < -0.39 is 24.1 Å². The van der Waals surface area contributed by atoms with E-state index in [1.807, 2.05) is 0 Å². The van der Waals surface area contributed by atoms with Gasteiger partial charge in [-0.25, -0.2) is 0 Å². The Hall–Kier alpha value is -3.04. The van der Waals surface area contributed by atoms with Gasteiger partial charge in [0.2, 0.25) is 5.91 Å². The van der Waals surface area contributed by atoms with Crippen LogP contribution >= 0.6 is 23.2 Å². The summed E-state index contributed by atoms with van der Waals surface area (Å²) >= 11 is 12.1. The van der Waals surface area contributed by atoms with Gasteiger partial charge in [-0.15, -0.1) is 0 Å². The van der Waals surface area contributed by atoms with Crippen LogP contribution in [0.15, 0.2) is 54.9 Å². The minimum Gasteiger partial charge on any atom is -0.350 e. The van der Waals surface area contributed by atoms with E-state index in [0.29, 0.717) is 15.4 Å². The van der Waals surface area contributed by atoms with Gasteiger partial charge in [-0.2, -0.15) is 8.78 Å².